The third kappa shape index (κ3) is 5.13. The fraction of sp³-hybridized carbons (Fsp3) is 0.125. The average molecular weight is 692 g/mol. The van der Waals surface area contributed by atoms with Crippen LogP contribution in [0.3, 0.4) is 0 Å². The molecule has 3 heteroatoms. The van der Waals surface area contributed by atoms with E-state index in [1.807, 2.05) is 0 Å². The molecule has 1 aliphatic carbocycles. The maximum absolute atomic E-state index is 5.41. The van der Waals surface area contributed by atoms with Crippen molar-refractivity contribution in [2.45, 2.75) is 42.8 Å². The number of fused-ring (bicyclic) bond motifs is 6. The van der Waals surface area contributed by atoms with Gasteiger partial charge in [0, 0.05) is 21.2 Å². The summed E-state index contributed by atoms with van der Waals surface area (Å²) in [6, 6.07) is 58.7. The first kappa shape index (κ1) is 31.9. The van der Waals surface area contributed by atoms with Gasteiger partial charge >= 0.3 is 0 Å². The van der Waals surface area contributed by atoms with Crippen molar-refractivity contribution >= 4 is 47.7 Å². The molecule has 51 heavy (non-hydrogen) atoms. The smallest absolute Gasteiger partial charge is 0.0776 e. The second kappa shape index (κ2) is 12.3. The van der Waals surface area contributed by atoms with Gasteiger partial charge in [-0.1, -0.05) is 170 Å². The molecule has 0 saturated heterocycles. The maximum atomic E-state index is 5.41. The summed E-state index contributed by atoms with van der Waals surface area (Å²) in [5.74, 6) is 0. The Bertz CT molecular complexity index is 2560. The van der Waals surface area contributed by atoms with E-state index >= 15 is 0 Å². The van der Waals surface area contributed by atoms with E-state index in [2.05, 4.69) is 182 Å². The van der Waals surface area contributed by atoms with Crippen molar-refractivity contribution in [3.63, 3.8) is 0 Å². The van der Waals surface area contributed by atoms with Crippen LogP contribution in [0.1, 0.15) is 33.4 Å². The van der Waals surface area contributed by atoms with E-state index in [9.17, 15) is 0 Å². The third-order valence-corrected chi connectivity index (χ3v) is 13.6. The van der Waals surface area contributed by atoms with Gasteiger partial charge in [-0.2, -0.15) is 0 Å². The number of H-pyrrole nitrogens is 1. The van der Waals surface area contributed by atoms with Gasteiger partial charge in [-0.3, -0.25) is 0 Å². The Morgan fingerprint density at radius 1 is 0.549 bits per heavy atom. The number of nitrogens with one attached hydrogen (secondary N) is 1. The van der Waals surface area contributed by atoms with Crippen LogP contribution >= 0.6 is 12.6 Å². The number of benzene rings is 7. The van der Waals surface area contributed by atoms with Crippen LogP contribution in [0.5, 0.6) is 0 Å². The number of rotatable bonds is 7. The molecule has 0 saturated carbocycles. The van der Waals surface area contributed by atoms with Gasteiger partial charge in [-0.05, 0) is 80.6 Å². The summed E-state index contributed by atoms with van der Waals surface area (Å²) in [4.78, 5) is 5.02. The lowest BCUT2D eigenvalue weighted by molar-refractivity contribution is 0.771. The largest absolute Gasteiger partial charge is 0.354 e. The molecule has 0 fully saturated rings. The number of thiol groups is 1. The summed E-state index contributed by atoms with van der Waals surface area (Å²) in [5, 5.41) is 3.90. The van der Waals surface area contributed by atoms with Gasteiger partial charge < -0.3 is 4.98 Å². The zero-order chi connectivity index (χ0) is 34.7. The molecule has 7 aromatic carbocycles. The van der Waals surface area contributed by atoms with Crippen LogP contribution < -0.4 is 5.19 Å². The monoisotopic (exact) mass is 691 g/mol. The summed E-state index contributed by atoms with van der Waals surface area (Å²) in [7, 11) is -1.59. The molecular formula is C48H41NSSi. The van der Waals surface area contributed by atoms with Crippen molar-refractivity contribution in [1.82, 2.24) is 4.98 Å². The summed E-state index contributed by atoms with van der Waals surface area (Å²) < 4.78 is 0. The molecule has 9 rings (SSSR count). The Morgan fingerprint density at radius 2 is 1.20 bits per heavy atom. The lowest BCUT2D eigenvalue weighted by Gasteiger charge is -2.35. The Kier molecular flexibility index (Phi) is 7.68. The van der Waals surface area contributed by atoms with E-state index < -0.39 is 13.5 Å². The quantitative estimate of drug-likeness (QED) is 0.122. The first-order valence-corrected chi connectivity index (χ1v) is 22.0. The first-order chi connectivity index (χ1) is 24.8. The minimum Gasteiger partial charge on any atom is -0.354 e. The molecule has 1 heterocycles. The topological polar surface area (TPSA) is 15.8 Å². The summed E-state index contributed by atoms with van der Waals surface area (Å²) in [5.41, 5.74) is 14.6. The van der Waals surface area contributed by atoms with E-state index in [1.165, 1.54) is 66.0 Å². The molecule has 0 amide bonds. The lowest BCUT2D eigenvalue weighted by Crippen LogP contribution is -2.37. The second-order valence-corrected chi connectivity index (χ2v) is 20.6. The van der Waals surface area contributed by atoms with Crippen LogP contribution in [-0.4, -0.2) is 13.1 Å². The van der Waals surface area contributed by atoms with E-state index in [-0.39, 0.29) is 0 Å². The van der Waals surface area contributed by atoms with Crippen molar-refractivity contribution in [2.75, 3.05) is 0 Å². The molecule has 1 aromatic heterocycles. The van der Waals surface area contributed by atoms with Crippen LogP contribution in [0.25, 0.3) is 44.1 Å². The van der Waals surface area contributed by atoms with Crippen LogP contribution in [-0.2, 0) is 18.3 Å². The minimum atomic E-state index is -1.59. The zero-order valence-corrected chi connectivity index (χ0v) is 31.3. The minimum absolute atomic E-state index is 0.568. The molecular weight excluding hydrogens is 651 g/mol. The van der Waals surface area contributed by atoms with Crippen molar-refractivity contribution in [3.05, 3.63) is 191 Å². The molecule has 248 valence electrons. The number of aromatic amines is 1. The zero-order valence-electron chi connectivity index (χ0n) is 29.4. The highest BCUT2D eigenvalue weighted by Gasteiger charge is 2.47. The molecule has 1 atom stereocenters. The molecule has 0 spiro atoms. The van der Waals surface area contributed by atoms with Crippen molar-refractivity contribution in [1.29, 1.82) is 0 Å². The normalized spacial score (nSPS) is 15.3. The number of aryl methyl sites for hydroxylation is 2. The van der Waals surface area contributed by atoms with Gasteiger partial charge in [-0.25, -0.2) is 0 Å². The van der Waals surface area contributed by atoms with Crippen molar-refractivity contribution < 1.29 is 0 Å². The van der Waals surface area contributed by atoms with E-state index in [0.29, 0.717) is 0 Å². The van der Waals surface area contributed by atoms with Gasteiger partial charge in [0.2, 0.25) is 0 Å². The van der Waals surface area contributed by atoms with Gasteiger partial charge in [0.15, 0.2) is 0 Å². The molecule has 0 bridgehead atoms. The highest BCUT2D eigenvalue weighted by Crippen LogP contribution is 2.58. The number of hydrogen-bond donors (Lipinski definition) is 2. The van der Waals surface area contributed by atoms with Crippen molar-refractivity contribution in [3.8, 4) is 22.3 Å². The predicted octanol–water partition coefficient (Wildman–Crippen LogP) is 12.0. The van der Waals surface area contributed by atoms with Crippen LogP contribution in [0.15, 0.2) is 163 Å². The Balaban J connectivity index is 1.41. The SMILES string of the molecule is C[Si](C)(C)c1ccc2[nH]c3c(C4(c5ccccc5)c5ccccc5-c5ccc(CCc6ccccc6)cc54)cc(-c4ccccc4)c(S)c3c2c1. The van der Waals surface area contributed by atoms with E-state index in [4.69, 9.17) is 12.6 Å². The van der Waals surface area contributed by atoms with E-state index in [1.54, 1.807) is 0 Å². The van der Waals surface area contributed by atoms with Crippen LogP contribution in [0.4, 0.5) is 0 Å². The predicted molar refractivity (Wildman–Crippen MR) is 223 cm³/mol. The summed E-state index contributed by atoms with van der Waals surface area (Å²) in [6.45, 7) is 7.28. The summed E-state index contributed by atoms with van der Waals surface area (Å²) >= 11 is 5.41. The molecule has 1 unspecified atom stereocenters. The second-order valence-electron chi connectivity index (χ2n) is 15.1. The Labute approximate surface area is 307 Å². The highest BCUT2D eigenvalue weighted by molar-refractivity contribution is 7.80. The fourth-order valence-electron chi connectivity index (χ4n) is 8.52. The molecule has 0 aliphatic heterocycles. The molecule has 1 nitrogen and oxygen atoms in total. The first-order valence-electron chi connectivity index (χ1n) is 18.0. The molecule has 1 N–H and O–H groups in total. The van der Waals surface area contributed by atoms with Gasteiger partial charge in [0.05, 0.1) is 19.0 Å². The standard InChI is InChI=1S/C48H41NSSi/c1-51(2,3)36-26-28-44-40(30-36)45-46(49-44)43(31-39(47(45)50)34-17-9-5-10-18-34)48(35-19-11-6-12-20-35)41-22-14-13-21-37(41)38-27-25-33(29-42(38)48)24-23-32-15-7-4-8-16-32/h4-22,25-31,49-50H,23-24H2,1-3H3. The van der Waals surface area contributed by atoms with Gasteiger partial charge in [-0.15, -0.1) is 12.6 Å². The van der Waals surface area contributed by atoms with Gasteiger partial charge in [0.25, 0.3) is 0 Å². The van der Waals surface area contributed by atoms with Crippen LogP contribution in [0, 0.1) is 0 Å². The number of hydrogen-bond acceptors (Lipinski definition) is 1. The molecule has 8 aromatic rings. The Morgan fingerprint density at radius 3 is 1.94 bits per heavy atom. The molecule has 1 aliphatic rings. The van der Waals surface area contributed by atoms with E-state index in [0.717, 1.165) is 34.3 Å². The summed E-state index contributed by atoms with van der Waals surface area (Å²) in [6.07, 6.45) is 1.98. The van der Waals surface area contributed by atoms with Gasteiger partial charge in [0.1, 0.15) is 0 Å². The van der Waals surface area contributed by atoms with Crippen molar-refractivity contribution in [2.24, 2.45) is 0 Å². The highest BCUT2D eigenvalue weighted by atomic mass is 32.1. The fourth-order valence-corrected chi connectivity index (χ4v) is 10.1. The maximum Gasteiger partial charge on any atom is 0.0776 e. The van der Waals surface area contributed by atoms with Crippen LogP contribution in [0.2, 0.25) is 19.6 Å². The molecule has 0 radical (unpaired) electrons. The average Bonchev–Trinajstić information content (AvgIpc) is 3.69. The number of aromatic nitrogens is 1. The lowest BCUT2D eigenvalue weighted by atomic mass is 9.66. The third-order valence-electron chi connectivity index (χ3n) is 11.1. The Hall–Kier alpha value is -5.09.